The van der Waals surface area contributed by atoms with E-state index in [1.165, 1.54) is 12.1 Å². The molecule has 0 radical (unpaired) electrons. The maximum Gasteiger partial charge on any atom is 0.277 e. The Morgan fingerprint density at radius 2 is 2.03 bits per heavy atom. The molecule has 9 nitrogen and oxygen atoms in total. The Kier molecular flexibility index (Phi) is 8.47. The van der Waals surface area contributed by atoms with E-state index in [9.17, 15) is 23.5 Å². The van der Waals surface area contributed by atoms with Crippen molar-refractivity contribution in [2.45, 2.75) is 19.1 Å². The Morgan fingerprint density at radius 1 is 1.27 bits per heavy atom. The number of nitrogens with zero attached hydrogens (tertiary/aromatic N) is 1. The number of hydrogen-bond donors (Lipinski definition) is 4. The number of aliphatic hydroxyl groups is 2. The molecule has 0 aromatic heterocycles. The molecule has 1 saturated heterocycles. The molecule has 2 aromatic carbocycles. The summed E-state index contributed by atoms with van der Waals surface area (Å²) in [4.78, 5) is 34.3. The molecule has 2 amide bonds. The summed E-state index contributed by atoms with van der Waals surface area (Å²) in [6.07, 6.45) is -1.22. The standard InChI is InChI=1S/C20H19F3IN3O6/c21-14-6-11(24)1-2-15(14)25-19-13(20(31)26-32-9-12(29)8-28)5-10(17(22)18(19)23)7-27-16(30)3-4-33-27/h1-2,5-6,12,25,28-29H,3-4,7-9H2,(H,26,31). The lowest BCUT2D eigenvalue weighted by molar-refractivity contribution is -0.164. The van der Waals surface area contributed by atoms with Crippen LogP contribution in [0.1, 0.15) is 22.3 Å². The van der Waals surface area contributed by atoms with Crippen molar-refractivity contribution in [3.8, 4) is 0 Å². The number of carbonyl (C=O) groups is 2. The van der Waals surface area contributed by atoms with Gasteiger partial charge in [0.15, 0.2) is 11.6 Å². The summed E-state index contributed by atoms with van der Waals surface area (Å²) in [5.41, 5.74) is 0.225. The number of rotatable bonds is 9. The number of carbonyl (C=O) groups excluding carboxylic acids is 2. The van der Waals surface area contributed by atoms with E-state index in [0.29, 0.717) is 3.57 Å². The minimum absolute atomic E-state index is 0.0736. The van der Waals surface area contributed by atoms with E-state index in [4.69, 9.17) is 14.8 Å². The third-order valence-corrected chi connectivity index (χ3v) is 5.19. The van der Waals surface area contributed by atoms with Gasteiger partial charge in [0.25, 0.3) is 5.91 Å². The number of aliphatic hydroxyl groups excluding tert-OH is 2. The minimum atomic E-state index is -1.49. The predicted octanol–water partition coefficient (Wildman–Crippen LogP) is 2.13. The highest BCUT2D eigenvalue weighted by molar-refractivity contribution is 14.1. The number of benzene rings is 2. The second kappa shape index (κ2) is 11.1. The quantitative estimate of drug-likeness (QED) is 0.265. The zero-order valence-electron chi connectivity index (χ0n) is 16.9. The van der Waals surface area contributed by atoms with Gasteiger partial charge in [-0.3, -0.25) is 19.3 Å². The Balaban J connectivity index is 1.97. The lowest BCUT2D eigenvalue weighted by Gasteiger charge is -2.19. The fourth-order valence-electron chi connectivity index (χ4n) is 2.86. The van der Waals surface area contributed by atoms with Crippen LogP contribution in [-0.4, -0.2) is 53.0 Å². The van der Waals surface area contributed by atoms with Crippen LogP contribution in [0, 0.1) is 21.0 Å². The molecule has 1 aliphatic rings. The van der Waals surface area contributed by atoms with Crippen LogP contribution >= 0.6 is 22.6 Å². The molecule has 0 bridgehead atoms. The van der Waals surface area contributed by atoms with E-state index in [2.05, 4.69) is 5.32 Å². The number of anilines is 2. The second-order valence-corrected chi connectivity index (χ2v) is 8.17. The van der Waals surface area contributed by atoms with Crippen molar-refractivity contribution in [1.82, 2.24) is 10.5 Å². The molecule has 0 saturated carbocycles. The van der Waals surface area contributed by atoms with Crippen LogP contribution in [0.4, 0.5) is 24.5 Å². The summed E-state index contributed by atoms with van der Waals surface area (Å²) in [5, 5.41) is 21.4. The average molecular weight is 581 g/mol. The van der Waals surface area contributed by atoms with Crippen molar-refractivity contribution in [3.63, 3.8) is 0 Å². The van der Waals surface area contributed by atoms with Crippen LogP contribution in [0.25, 0.3) is 0 Å². The molecule has 1 heterocycles. The summed E-state index contributed by atoms with van der Waals surface area (Å²) < 4.78 is 44.7. The summed E-state index contributed by atoms with van der Waals surface area (Å²) in [5.74, 6) is -5.11. The normalized spacial score (nSPS) is 14.5. The Labute approximate surface area is 199 Å². The first-order valence-electron chi connectivity index (χ1n) is 9.58. The van der Waals surface area contributed by atoms with Crippen molar-refractivity contribution in [1.29, 1.82) is 0 Å². The van der Waals surface area contributed by atoms with Gasteiger partial charge in [-0.1, -0.05) is 0 Å². The highest BCUT2D eigenvalue weighted by Crippen LogP contribution is 2.31. The van der Waals surface area contributed by atoms with Crippen LogP contribution in [0.2, 0.25) is 0 Å². The number of nitrogens with one attached hydrogen (secondary N) is 2. The van der Waals surface area contributed by atoms with Gasteiger partial charge in [0.2, 0.25) is 5.91 Å². The molecule has 33 heavy (non-hydrogen) atoms. The molecular formula is C20H19F3IN3O6. The fourth-order valence-corrected chi connectivity index (χ4v) is 3.31. The van der Waals surface area contributed by atoms with Gasteiger partial charge in [0, 0.05) is 9.13 Å². The number of amides is 2. The van der Waals surface area contributed by atoms with Gasteiger partial charge in [0.05, 0.1) is 43.1 Å². The van der Waals surface area contributed by atoms with Crippen LogP contribution < -0.4 is 10.8 Å². The summed E-state index contributed by atoms with van der Waals surface area (Å²) in [6, 6.07) is 4.93. The van der Waals surface area contributed by atoms with Crippen molar-refractivity contribution in [2.24, 2.45) is 0 Å². The van der Waals surface area contributed by atoms with Gasteiger partial charge in [-0.25, -0.2) is 23.7 Å². The molecule has 1 unspecified atom stereocenters. The van der Waals surface area contributed by atoms with Gasteiger partial charge >= 0.3 is 0 Å². The molecule has 0 aliphatic carbocycles. The van der Waals surface area contributed by atoms with Crippen molar-refractivity contribution >= 4 is 45.8 Å². The lowest BCUT2D eigenvalue weighted by atomic mass is 10.1. The van der Waals surface area contributed by atoms with E-state index in [0.717, 1.165) is 17.2 Å². The van der Waals surface area contributed by atoms with Gasteiger partial charge in [-0.15, -0.1) is 0 Å². The van der Waals surface area contributed by atoms with Crippen LogP contribution in [0.3, 0.4) is 0 Å². The molecule has 1 fully saturated rings. The first-order valence-corrected chi connectivity index (χ1v) is 10.7. The molecule has 1 atom stereocenters. The second-order valence-electron chi connectivity index (χ2n) is 6.93. The zero-order valence-corrected chi connectivity index (χ0v) is 19.1. The van der Waals surface area contributed by atoms with Crippen LogP contribution in [-0.2, 0) is 21.0 Å². The first kappa shape index (κ1) is 25.2. The molecule has 178 valence electrons. The predicted molar refractivity (Wildman–Crippen MR) is 116 cm³/mol. The monoisotopic (exact) mass is 581 g/mol. The molecule has 1 aliphatic heterocycles. The third-order valence-electron chi connectivity index (χ3n) is 4.52. The lowest BCUT2D eigenvalue weighted by Crippen LogP contribution is -2.31. The molecular weight excluding hydrogens is 562 g/mol. The maximum atomic E-state index is 15.1. The SMILES string of the molecule is O=C(NOCC(O)CO)c1cc(CN2OCCC2=O)c(F)c(F)c1Nc1ccc(I)cc1F. The van der Waals surface area contributed by atoms with Gasteiger partial charge < -0.3 is 15.5 Å². The molecule has 0 spiro atoms. The van der Waals surface area contributed by atoms with Crippen molar-refractivity contribution < 1.29 is 42.6 Å². The van der Waals surface area contributed by atoms with E-state index < -0.39 is 66.4 Å². The van der Waals surface area contributed by atoms with Crippen molar-refractivity contribution in [3.05, 3.63) is 56.4 Å². The number of hydrogen-bond acceptors (Lipinski definition) is 7. The fraction of sp³-hybridized carbons (Fsp3) is 0.300. The smallest absolute Gasteiger partial charge is 0.277 e. The Bertz CT molecular complexity index is 1060. The van der Waals surface area contributed by atoms with Crippen LogP contribution in [0.15, 0.2) is 24.3 Å². The maximum absolute atomic E-state index is 15.1. The third kappa shape index (κ3) is 6.11. The summed E-state index contributed by atoms with van der Waals surface area (Å²) >= 11 is 1.87. The number of halogens is 4. The van der Waals surface area contributed by atoms with Gasteiger partial charge in [0.1, 0.15) is 18.5 Å². The Hall–Kier alpha value is -2.46. The molecule has 2 aromatic rings. The number of hydroxylamine groups is 3. The van der Waals surface area contributed by atoms with E-state index in [-0.39, 0.29) is 24.3 Å². The minimum Gasteiger partial charge on any atom is -0.394 e. The van der Waals surface area contributed by atoms with Crippen LogP contribution in [0.5, 0.6) is 0 Å². The van der Waals surface area contributed by atoms with Gasteiger partial charge in [-0.2, -0.15) is 0 Å². The summed E-state index contributed by atoms with van der Waals surface area (Å²) in [7, 11) is 0. The summed E-state index contributed by atoms with van der Waals surface area (Å²) in [6.45, 7) is -1.50. The molecule has 4 N–H and O–H groups in total. The van der Waals surface area contributed by atoms with E-state index >= 15 is 4.39 Å². The Morgan fingerprint density at radius 3 is 2.67 bits per heavy atom. The highest BCUT2D eigenvalue weighted by atomic mass is 127. The molecule has 3 rings (SSSR count). The van der Waals surface area contributed by atoms with Gasteiger partial charge in [-0.05, 0) is 46.9 Å². The topological polar surface area (TPSA) is 120 Å². The largest absolute Gasteiger partial charge is 0.394 e. The zero-order chi connectivity index (χ0) is 24.1. The highest BCUT2D eigenvalue weighted by Gasteiger charge is 2.28. The van der Waals surface area contributed by atoms with Crippen molar-refractivity contribution in [2.75, 3.05) is 25.1 Å². The average Bonchev–Trinajstić information content (AvgIpc) is 3.18. The first-order chi connectivity index (χ1) is 15.7. The van der Waals surface area contributed by atoms with E-state index in [1.54, 1.807) is 0 Å². The van der Waals surface area contributed by atoms with E-state index in [1.807, 2.05) is 28.1 Å². The molecule has 13 heteroatoms.